The minimum Gasteiger partial charge on any atom is -0.477 e. The predicted octanol–water partition coefficient (Wildman–Crippen LogP) is 4.68. The van der Waals surface area contributed by atoms with Crippen LogP contribution in [-0.2, 0) is 19.9 Å². The second kappa shape index (κ2) is 9.13. The summed E-state index contributed by atoms with van der Waals surface area (Å²) in [4.78, 5) is 23.7. The molecule has 2 N–H and O–H groups in total. The van der Waals surface area contributed by atoms with Gasteiger partial charge in [0.05, 0.1) is 17.3 Å². The van der Waals surface area contributed by atoms with E-state index in [-0.39, 0.29) is 11.6 Å². The van der Waals surface area contributed by atoms with E-state index in [9.17, 15) is 14.7 Å². The molecule has 0 radical (unpaired) electrons. The first-order valence-corrected chi connectivity index (χ1v) is 9.68. The summed E-state index contributed by atoms with van der Waals surface area (Å²) >= 11 is 5.95. The van der Waals surface area contributed by atoms with E-state index in [0.717, 1.165) is 11.8 Å². The van der Waals surface area contributed by atoms with Gasteiger partial charge in [-0.15, -0.1) is 0 Å². The lowest BCUT2D eigenvalue weighted by molar-refractivity contribution is -0.147. The van der Waals surface area contributed by atoms with E-state index >= 15 is 0 Å². The largest absolute Gasteiger partial charge is 0.477 e. The molecule has 8 heteroatoms. The number of halogens is 1. The van der Waals surface area contributed by atoms with Gasteiger partial charge in [-0.05, 0) is 46.2 Å². The van der Waals surface area contributed by atoms with Crippen molar-refractivity contribution in [1.82, 2.24) is 9.78 Å². The smallest absolute Gasteiger partial charge is 0.347 e. The summed E-state index contributed by atoms with van der Waals surface area (Å²) in [6.07, 6.45) is 1.35. The van der Waals surface area contributed by atoms with Gasteiger partial charge in [0.25, 0.3) is 0 Å². The van der Waals surface area contributed by atoms with Crippen molar-refractivity contribution in [2.75, 3.05) is 5.32 Å². The molecular formula is C21H26ClN3O4. The number of nitrogens with one attached hydrogen (secondary N) is 1. The van der Waals surface area contributed by atoms with Crippen LogP contribution in [0.2, 0.25) is 5.02 Å². The number of carboxylic acids is 1. The number of benzene rings is 1. The van der Waals surface area contributed by atoms with Crippen LogP contribution in [0.15, 0.2) is 42.1 Å². The van der Waals surface area contributed by atoms with Crippen molar-refractivity contribution < 1.29 is 19.4 Å². The number of ether oxygens (including phenoxy) is 1. The lowest BCUT2D eigenvalue weighted by Gasteiger charge is -2.22. The molecule has 2 rings (SSSR count). The summed E-state index contributed by atoms with van der Waals surface area (Å²) in [5.74, 6) is -1.72. The Bertz CT molecular complexity index is 911. The Morgan fingerprint density at radius 2 is 1.93 bits per heavy atom. The van der Waals surface area contributed by atoms with Crippen LogP contribution >= 0.6 is 11.6 Å². The van der Waals surface area contributed by atoms with E-state index in [1.54, 1.807) is 29.8 Å². The first kappa shape index (κ1) is 22.5. The van der Waals surface area contributed by atoms with Gasteiger partial charge in [0.2, 0.25) is 0 Å². The fourth-order valence-electron chi connectivity index (χ4n) is 2.44. The number of esters is 1. The maximum absolute atomic E-state index is 12.2. The highest BCUT2D eigenvalue weighted by atomic mass is 35.5. The topological polar surface area (TPSA) is 93.5 Å². The standard InChI is InChI=1S/C21H26ClN3O4/c1-6-13(2)29-20(28)16(19(26)27)12-23-18-11-17(24-25(18)21(3,4)5)14-7-9-15(22)10-8-14/h7-13,23H,6H2,1-5H3,(H,26,27). The highest BCUT2D eigenvalue weighted by molar-refractivity contribution is 6.30. The van der Waals surface area contributed by atoms with Crippen LogP contribution in [0.25, 0.3) is 11.3 Å². The van der Waals surface area contributed by atoms with Crippen molar-refractivity contribution in [2.45, 2.75) is 52.7 Å². The van der Waals surface area contributed by atoms with Gasteiger partial charge < -0.3 is 15.2 Å². The van der Waals surface area contributed by atoms with Crippen LogP contribution in [0.3, 0.4) is 0 Å². The third kappa shape index (κ3) is 5.84. The molecule has 29 heavy (non-hydrogen) atoms. The Morgan fingerprint density at radius 3 is 2.45 bits per heavy atom. The molecular weight excluding hydrogens is 394 g/mol. The van der Waals surface area contributed by atoms with Crippen LogP contribution < -0.4 is 5.32 Å². The van der Waals surface area contributed by atoms with Crippen LogP contribution in [0.5, 0.6) is 0 Å². The number of carbonyl (C=O) groups excluding carboxylic acids is 1. The molecule has 1 aromatic heterocycles. The predicted molar refractivity (Wildman–Crippen MR) is 113 cm³/mol. The second-order valence-electron chi connectivity index (χ2n) is 7.64. The average molecular weight is 420 g/mol. The molecule has 1 aromatic carbocycles. The highest BCUT2D eigenvalue weighted by Gasteiger charge is 2.23. The number of aromatic nitrogens is 2. The minimum atomic E-state index is -1.37. The van der Waals surface area contributed by atoms with E-state index in [2.05, 4.69) is 10.4 Å². The molecule has 0 bridgehead atoms. The lowest BCUT2D eigenvalue weighted by Crippen LogP contribution is -2.25. The maximum Gasteiger partial charge on any atom is 0.347 e. The van der Waals surface area contributed by atoms with Crippen molar-refractivity contribution >= 4 is 29.4 Å². The molecule has 0 aliphatic carbocycles. The van der Waals surface area contributed by atoms with Gasteiger partial charge in [-0.3, -0.25) is 0 Å². The Hall–Kier alpha value is -2.80. The Labute approximate surface area is 175 Å². The van der Waals surface area contributed by atoms with E-state index in [1.807, 2.05) is 39.8 Å². The molecule has 0 saturated heterocycles. The number of hydrogen-bond donors (Lipinski definition) is 2. The summed E-state index contributed by atoms with van der Waals surface area (Å²) in [7, 11) is 0. The van der Waals surface area contributed by atoms with Crippen LogP contribution in [0.1, 0.15) is 41.0 Å². The third-order valence-corrected chi connectivity index (χ3v) is 4.43. The van der Waals surface area contributed by atoms with Gasteiger partial charge in [-0.1, -0.05) is 30.7 Å². The van der Waals surface area contributed by atoms with Crippen LogP contribution in [0.4, 0.5) is 5.82 Å². The fourth-order valence-corrected chi connectivity index (χ4v) is 2.57. The van der Waals surface area contributed by atoms with E-state index in [0.29, 0.717) is 23.0 Å². The molecule has 0 saturated carbocycles. The summed E-state index contributed by atoms with van der Waals surface area (Å²) < 4.78 is 6.86. The molecule has 1 unspecified atom stereocenters. The molecule has 0 amide bonds. The number of anilines is 1. The van der Waals surface area contributed by atoms with Crippen molar-refractivity contribution in [3.8, 4) is 11.3 Å². The zero-order valence-electron chi connectivity index (χ0n) is 17.2. The zero-order valence-corrected chi connectivity index (χ0v) is 17.9. The molecule has 7 nitrogen and oxygen atoms in total. The number of hydrogen-bond acceptors (Lipinski definition) is 5. The number of rotatable bonds is 7. The Balaban J connectivity index is 2.39. The van der Waals surface area contributed by atoms with Gasteiger partial charge >= 0.3 is 11.9 Å². The number of aliphatic carboxylic acids is 1. The lowest BCUT2D eigenvalue weighted by atomic mass is 10.1. The highest BCUT2D eigenvalue weighted by Crippen LogP contribution is 2.28. The molecule has 156 valence electrons. The third-order valence-electron chi connectivity index (χ3n) is 4.18. The zero-order chi connectivity index (χ0) is 21.8. The van der Waals surface area contributed by atoms with Crippen molar-refractivity contribution in [3.63, 3.8) is 0 Å². The SMILES string of the molecule is CCC(C)OC(=O)C(=CNc1cc(-c2ccc(Cl)cc2)nn1C(C)(C)C)C(=O)O. The summed E-state index contributed by atoms with van der Waals surface area (Å²) in [5.41, 5.74) is 0.673. The van der Waals surface area contributed by atoms with Gasteiger partial charge in [0.1, 0.15) is 5.82 Å². The van der Waals surface area contributed by atoms with Gasteiger partial charge in [0.15, 0.2) is 5.57 Å². The first-order chi connectivity index (χ1) is 13.5. The normalized spacial score (nSPS) is 13.1. The summed E-state index contributed by atoms with van der Waals surface area (Å²) in [6.45, 7) is 9.46. The van der Waals surface area contributed by atoms with E-state index in [1.165, 1.54) is 0 Å². The fraction of sp³-hybridized carbons (Fsp3) is 0.381. The van der Waals surface area contributed by atoms with E-state index < -0.39 is 17.5 Å². The molecule has 0 aliphatic heterocycles. The maximum atomic E-state index is 12.2. The average Bonchev–Trinajstić information content (AvgIpc) is 3.06. The van der Waals surface area contributed by atoms with Crippen LogP contribution in [0, 0.1) is 0 Å². The summed E-state index contributed by atoms with van der Waals surface area (Å²) in [6, 6.07) is 9.03. The molecule has 1 atom stereocenters. The van der Waals surface area contributed by atoms with Gasteiger partial charge in [-0.25, -0.2) is 14.3 Å². The van der Waals surface area contributed by atoms with Crippen molar-refractivity contribution in [2.24, 2.45) is 0 Å². The van der Waals surface area contributed by atoms with Gasteiger partial charge in [0, 0.05) is 22.9 Å². The monoisotopic (exact) mass is 419 g/mol. The molecule has 1 heterocycles. The summed E-state index contributed by atoms with van der Waals surface area (Å²) in [5, 5.41) is 17.6. The Kier molecular flexibility index (Phi) is 7.08. The molecule has 2 aromatic rings. The van der Waals surface area contributed by atoms with Gasteiger partial charge in [-0.2, -0.15) is 5.10 Å². The number of carboxylic acid groups (broad SMARTS) is 1. The van der Waals surface area contributed by atoms with Crippen molar-refractivity contribution in [3.05, 3.63) is 47.1 Å². The number of carbonyl (C=O) groups is 2. The molecule has 0 fully saturated rings. The second-order valence-corrected chi connectivity index (χ2v) is 8.07. The Morgan fingerprint density at radius 1 is 1.31 bits per heavy atom. The first-order valence-electron chi connectivity index (χ1n) is 9.30. The number of nitrogens with zero attached hydrogens (tertiary/aromatic N) is 2. The van der Waals surface area contributed by atoms with Crippen molar-refractivity contribution in [1.29, 1.82) is 0 Å². The minimum absolute atomic E-state index is 0.373. The van der Waals surface area contributed by atoms with E-state index in [4.69, 9.17) is 16.3 Å². The quantitative estimate of drug-likeness (QED) is 0.293. The molecule has 0 aliphatic rings. The van der Waals surface area contributed by atoms with Crippen LogP contribution in [-0.4, -0.2) is 32.9 Å². The molecule has 0 spiro atoms.